The Bertz CT molecular complexity index is 1310. The Morgan fingerprint density at radius 3 is 2.43 bits per heavy atom. The summed E-state index contributed by atoms with van der Waals surface area (Å²) in [6.45, 7) is 4.90. The summed E-state index contributed by atoms with van der Waals surface area (Å²) >= 11 is 3.05. The average Bonchev–Trinajstić information content (AvgIpc) is 3.13. The Morgan fingerprint density at radius 1 is 1.00 bits per heavy atom. The molecule has 0 aromatic heterocycles. The summed E-state index contributed by atoms with van der Waals surface area (Å²) in [4.78, 5) is 27.0. The van der Waals surface area contributed by atoms with Gasteiger partial charge >= 0.3 is 0 Å². The molecule has 9 heteroatoms. The minimum Gasteiger partial charge on any atom is -0.492 e. The standard InChI is InChI=1S/C28H25FINO5S/c1-3-34-24-15-20(14-23(30)26(24)36-17-19-6-8-21(29)9-7-19)16-25-27(32)31(28(33)37-25)12-13-35-22-10-4-18(2)5-11-22/h4-11,14-16H,3,12-13,17H2,1-2H3/b25-16-. The number of hydrogen-bond acceptors (Lipinski definition) is 6. The van der Waals surface area contributed by atoms with Crippen molar-refractivity contribution >= 4 is 51.6 Å². The van der Waals surface area contributed by atoms with Gasteiger partial charge in [0.25, 0.3) is 11.1 Å². The SMILES string of the molecule is CCOc1cc(/C=C2\SC(=O)N(CCOc3ccc(C)cc3)C2=O)cc(I)c1OCc1ccc(F)cc1. The van der Waals surface area contributed by atoms with Crippen molar-refractivity contribution in [2.75, 3.05) is 19.8 Å². The molecule has 0 aliphatic carbocycles. The molecule has 0 unspecified atom stereocenters. The largest absolute Gasteiger partial charge is 0.492 e. The van der Waals surface area contributed by atoms with E-state index in [9.17, 15) is 14.0 Å². The Hall–Kier alpha value is -3.05. The smallest absolute Gasteiger partial charge is 0.293 e. The summed E-state index contributed by atoms with van der Waals surface area (Å²) in [6.07, 6.45) is 1.68. The Kier molecular flexibility index (Phi) is 9.09. The molecule has 1 fully saturated rings. The van der Waals surface area contributed by atoms with Gasteiger partial charge in [0.05, 0.1) is 21.6 Å². The average molecular weight is 633 g/mol. The van der Waals surface area contributed by atoms with Gasteiger partial charge in [-0.1, -0.05) is 29.8 Å². The Labute approximate surface area is 232 Å². The fourth-order valence-corrected chi connectivity index (χ4v) is 5.19. The Morgan fingerprint density at radius 2 is 1.73 bits per heavy atom. The zero-order chi connectivity index (χ0) is 26.4. The molecule has 0 saturated carbocycles. The maximum absolute atomic E-state index is 13.2. The zero-order valence-electron chi connectivity index (χ0n) is 20.3. The molecular weight excluding hydrogens is 608 g/mol. The number of thioether (sulfide) groups is 1. The lowest BCUT2D eigenvalue weighted by molar-refractivity contribution is -0.123. The highest BCUT2D eigenvalue weighted by molar-refractivity contribution is 14.1. The van der Waals surface area contributed by atoms with E-state index >= 15 is 0 Å². The molecule has 0 radical (unpaired) electrons. The van der Waals surface area contributed by atoms with Crippen LogP contribution in [0.4, 0.5) is 9.18 Å². The number of rotatable bonds is 10. The van der Waals surface area contributed by atoms with Crippen molar-refractivity contribution in [3.8, 4) is 17.2 Å². The molecule has 0 bridgehead atoms. The maximum Gasteiger partial charge on any atom is 0.293 e. The van der Waals surface area contributed by atoms with Crippen LogP contribution in [0.25, 0.3) is 6.08 Å². The number of amides is 2. The Balaban J connectivity index is 1.45. The van der Waals surface area contributed by atoms with Crippen LogP contribution in [-0.2, 0) is 11.4 Å². The third-order valence-corrected chi connectivity index (χ3v) is 7.11. The van der Waals surface area contributed by atoms with Crippen molar-refractivity contribution in [3.05, 3.63) is 91.6 Å². The molecule has 0 N–H and O–H groups in total. The predicted molar refractivity (Wildman–Crippen MR) is 150 cm³/mol. The van der Waals surface area contributed by atoms with Crippen LogP contribution in [-0.4, -0.2) is 35.8 Å². The molecule has 3 aromatic rings. The quantitative estimate of drug-likeness (QED) is 0.180. The molecular formula is C28H25FINO5S. The van der Waals surface area contributed by atoms with Crippen LogP contribution in [0.5, 0.6) is 17.2 Å². The molecule has 1 saturated heterocycles. The summed E-state index contributed by atoms with van der Waals surface area (Å²) in [5.41, 5.74) is 2.66. The molecule has 4 rings (SSSR count). The molecule has 2 amide bonds. The van der Waals surface area contributed by atoms with Crippen LogP contribution in [0.15, 0.2) is 65.6 Å². The molecule has 0 spiro atoms. The molecule has 192 valence electrons. The maximum atomic E-state index is 13.2. The molecule has 37 heavy (non-hydrogen) atoms. The molecule has 6 nitrogen and oxygen atoms in total. The summed E-state index contributed by atoms with van der Waals surface area (Å²) in [5, 5.41) is -0.331. The van der Waals surface area contributed by atoms with Gasteiger partial charge in [-0.05, 0) is 102 Å². The summed E-state index contributed by atoms with van der Waals surface area (Å²) < 4.78 is 31.4. The lowest BCUT2D eigenvalue weighted by Crippen LogP contribution is -2.32. The van der Waals surface area contributed by atoms with E-state index < -0.39 is 0 Å². The van der Waals surface area contributed by atoms with Gasteiger partial charge in [0.2, 0.25) is 0 Å². The number of carbonyl (C=O) groups is 2. The summed E-state index contributed by atoms with van der Waals surface area (Å²) in [5.74, 6) is 1.11. The van der Waals surface area contributed by atoms with E-state index in [0.717, 1.165) is 26.5 Å². The van der Waals surface area contributed by atoms with E-state index in [1.807, 2.05) is 44.2 Å². The number of ether oxygens (including phenoxy) is 3. The fourth-order valence-electron chi connectivity index (χ4n) is 3.54. The van der Waals surface area contributed by atoms with Crippen LogP contribution in [0, 0.1) is 16.3 Å². The van der Waals surface area contributed by atoms with Gasteiger partial charge in [-0.2, -0.15) is 0 Å². The lowest BCUT2D eigenvalue weighted by Gasteiger charge is -2.15. The van der Waals surface area contributed by atoms with Crippen molar-refractivity contribution in [2.24, 2.45) is 0 Å². The van der Waals surface area contributed by atoms with Gasteiger partial charge < -0.3 is 14.2 Å². The van der Waals surface area contributed by atoms with E-state index in [2.05, 4.69) is 22.6 Å². The second kappa shape index (κ2) is 12.5. The highest BCUT2D eigenvalue weighted by Gasteiger charge is 2.35. The number of imide groups is 1. The van der Waals surface area contributed by atoms with E-state index in [0.29, 0.717) is 34.3 Å². The number of nitrogens with zero attached hydrogens (tertiary/aromatic N) is 1. The number of halogens is 2. The number of benzene rings is 3. The van der Waals surface area contributed by atoms with Crippen molar-refractivity contribution in [2.45, 2.75) is 20.5 Å². The van der Waals surface area contributed by atoms with Gasteiger partial charge in [0.15, 0.2) is 11.5 Å². The van der Waals surface area contributed by atoms with Crippen molar-refractivity contribution < 1.29 is 28.2 Å². The van der Waals surface area contributed by atoms with Crippen molar-refractivity contribution in [1.29, 1.82) is 0 Å². The minimum atomic E-state index is -0.355. The molecule has 1 aliphatic heterocycles. The van der Waals surface area contributed by atoms with Gasteiger partial charge in [-0.15, -0.1) is 0 Å². The fraction of sp³-hybridized carbons (Fsp3) is 0.214. The first-order valence-corrected chi connectivity index (χ1v) is 13.5. The van der Waals surface area contributed by atoms with Gasteiger partial charge in [0, 0.05) is 0 Å². The van der Waals surface area contributed by atoms with Crippen molar-refractivity contribution in [3.63, 3.8) is 0 Å². The first kappa shape index (κ1) is 27.0. The van der Waals surface area contributed by atoms with E-state index in [1.54, 1.807) is 24.3 Å². The number of carbonyl (C=O) groups excluding carboxylic acids is 2. The molecule has 1 aliphatic rings. The van der Waals surface area contributed by atoms with Crippen molar-refractivity contribution in [1.82, 2.24) is 4.90 Å². The van der Waals surface area contributed by atoms with Crippen LogP contribution in [0.2, 0.25) is 0 Å². The zero-order valence-corrected chi connectivity index (χ0v) is 23.3. The van der Waals surface area contributed by atoms with Crippen LogP contribution < -0.4 is 14.2 Å². The first-order chi connectivity index (χ1) is 17.8. The third-order valence-electron chi connectivity index (χ3n) is 5.40. The second-order valence-corrected chi connectivity index (χ2v) is 10.3. The van der Waals surface area contributed by atoms with E-state index in [1.165, 1.54) is 17.0 Å². The predicted octanol–water partition coefficient (Wildman–Crippen LogP) is 6.83. The van der Waals surface area contributed by atoms with Gasteiger partial charge in [-0.25, -0.2) is 4.39 Å². The minimum absolute atomic E-state index is 0.160. The topological polar surface area (TPSA) is 65.1 Å². The van der Waals surface area contributed by atoms with Gasteiger partial charge in [-0.3, -0.25) is 14.5 Å². The van der Waals surface area contributed by atoms with E-state index in [-0.39, 0.29) is 36.7 Å². The first-order valence-electron chi connectivity index (χ1n) is 11.6. The normalized spacial score (nSPS) is 14.4. The van der Waals surface area contributed by atoms with Crippen LogP contribution in [0.1, 0.15) is 23.6 Å². The molecule has 1 heterocycles. The highest BCUT2D eigenvalue weighted by atomic mass is 127. The number of aryl methyl sites for hydroxylation is 1. The third kappa shape index (κ3) is 7.04. The lowest BCUT2D eigenvalue weighted by atomic mass is 10.1. The van der Waals surface area contributed by atoms with Crippen LogP contribution in [0.3, 0.4) is 0 Å². The summed E-state index contributed by atoms with van der Waals surface area (Å²) in [6, 6.07) is 17.3. The van der Waals surface area contributed by atoms with E-state index in [4.69, 9.17) is 14.2 Å². The monoisotopic (exact) mass is 633 g/mol. The summed E-state index contributed by atoms with van der Waals surface area (Å²) in [7, 11) is 0. The second-order valence-electron chi connectivity index (χ2n) is 8.17. The number of hydrogen-bond donors (Lipinski definition) is 0. The highest BCUT2D eigenvalue weighted by Crippen LogP contribution is 2.38. The molecule has 3 aromatic carbocycles. The van der Waals surface area contributed by atoms with Gasteiger partial charge in [0.1, 0.15) is 24.8 Å². The molecule has 0 atom stereocenters. The van der Waals surface area contributed by atoms with Crippen LogP contribution >= 0.6 is 34.4 Å².